The van der Waals surface area contributed by atoms with E-state index in [0.29, 0.717) is 6.54 Å². The number of rotatable bonds is 5. The molecule has 2 aliphatic rings. The molecule has 2 fully saturated rings. The first-order chi connectivity index (χ1) is 12.0. The number of amides is 1. The van der Waals surface area contributed by atoms with Gasteiger partial charge in [0.05, 0.1) is 19.1 Å². The molecule has 1 aliphatic carbocycles. The van der Waals surface area contributed by atoms with Gasteiger partial charge in [-0.1, -0.05) is 37.1 Å². The number of hydrogen-bond donors (Lipinski definition) is 2. The Hall–Kier alpha value is -0.850. The molecule has 0 radical (unpaired) electrons. The Labute approximate surface area is 175 Å². The molecule has 2 unspecified atom stereocenters. The van der Waals surface area contributed by atoms with Gasteiger partial charge in [-0.25, -0.2) is 0 Å². The highest BCUT2D eigenvalue weighted by Gasteiger charge is 2.37. The van der Waals surface area contributed by atoms with E-state index < -0.39 is 0 Å². The number of benzene rings is 1. The van der Waals surface area contributed by atoms with Gasteiger partial charge in [0.25, 0.3) is 0 Å². The zero-order valence-corrected chi connectivity index (χ0v) is 17.7. The van der Waals surface area contributed by atoms with Gasteiger partial charge < -0.3 is 15.8 Å². The van der Waals surface area contributed by atoms with E-state index in [0.717, 1.165) is 64.1 Å². The summed E-state index contributed by atoms with van der Waals surface area (Å²) in [7, 11) is 0. The molecule has 3 rings (SSSR count). The van der Waals surface area contributed by atoms with E-state index in [-0.39, 0.29) is 42.2 Å². The van der Waals surface area contributed by atoms with Crippen molar-refractivity contribution in [2.45, 2.75) is 51.2 Å². The fourth-order valence-electron chi connectivity index (χ4n) is 3.96. The Kier molecular flexibility index (Phi) is 10.1. The standard InChI is InChI=1S/C20H31N3O2.2ClH/c1-20(21)8-3-2-7-18(20)19(24)22-14-16-5-4-6-17(13-16)15-23-9-11-25-12-10-23;;/h4-6,13,18H,2-3,7-12,14-15,21H2,1H3,(H,22,24);2*1H. The Morgan fingerprint density at radius 2 is 1.96 bits per heavy atom. The van der Waals surface area contributed by atoms with Gasteiger partial charge in [0, 0.05) is 31.7 Å². The molecule has 1 heterocycles. The van der Waals surface area contributed by atoms with Crippen LogP contribution in [0.2, 0.25) is 0 Å². The van der Waals surface area contributed by atoms with E-state index >= 15 is 0 Å². The number of ether oxygens (including phenoxy) is 1. The number of carbonyl (C=O) groups is 1. The quantitative estimate of drug-likeness (QED) is 0.772. The van der Waals surface area contributed by atoms with Gasteiger partial charge in [0.1, 0.15) is 0 Å². The van der Waals surface area contributed by atoms with Crippen molar-refractivity contribution in [1.82, 2.24) is 10.2 Å². The zero-order chi connectivity index (χ0) is 17.7. The molecule has 0 bridgehead atoms. The minimum Gasteiger partial charge on any atom is -0.379 e. The molecule has 1 saturated carbocycles. The third kappa shape index (κ3) is 6.91. The number of carbonyl (C=O) groups excluding carboxylic acids is 1. The number of nitrogens with two attached hydrogens (primary N) is 1. The maximum Gasteiger partial charge on any atom is 0.225 e. The average molecular weight is 418 g/mol. The lowest BCUT2D eigenvalue weighted by molar-refractivity contribution is -0.128. The van der Waals surface area contributed by atoms with Crippen LogP contribution in [-0.2, 0) is 22.6 Å². The summed E-state index contributed by atoms with van der Waals surface area (Å²) in [4.78, 5) is 15.0. The van der Waals surface area contributed by atoms with Crippen molar-refractivity contribution < 1.29 is 9.53 Å². The molecule has 1 saturated heterocycles. The number of hydrogen-bond acceptors (Lipinski definition) is 4. The van der Waals surface area contributed by atoms with Crippen LogP contribution in [-0.4, -0.2) is 42.6 Å². The summed E-state index contributed by atoms with van der Waals surface area (Å²) >= 11 is 0. The maximum atomic E-state index is 12.6. The summed E-state index contributed by atoms with van der Waals surface area (Å²) in [6.45, 7) is 7.12. The van der Waals surface area contributed by atoms with Crippen LogP contribution in [0.15, 0.2) is 24.3 Å². The van der Waals surface area contributed by atoms with E-state index in [9.17, 15) is 4.79 Å². The van der Waals surface area contributed by atoms with Gasteiger partial charge in [-0.15, -0.1) is 24.8 Å². The molecule has 1 aliphatic heterocycles. The summed E-state index contributed by atoms with van der Waals surface area (Å²) in [5, 5.41) is 3.10. The normalized spacial score (nSPS) is 25.8. The molecule has 2 atom stereocenters. The van der Waals surface area contributed by atoms with Gasteiger partial charge in [-0.2, -0.15) is 0 Å². The van der Waals surface area contributed by atoms with Crippen LogP contribution in [0, 0.1) is 5.92 Å². The molecule has 1 amide bonds. The maximum absolute atomic E-state index is 12.6. The number of morpholine rings is 1. The third-order valence-corrected chi connectivity index (χ3v) is 5.54. The van der Waals surface area contributed by atoms with E-state index in [1.54, 1.807) is 0 Å². The molecule has 1 aromatic carbocycles. The Morgan fingerprint density at radius 3 is 2.67 bits per heavy atom. The van der Waals surface area contributed by atoms with Crippen molar-refractivity contribution in [2.75, 3.05) is 26.3 Å². The van der Waals surface area contributed by atoms with Gasteiger partial charge in [-0.3, -0.25) is 9.69 Å². The Balaban J connectivity index is 0.00000182. The van der Waals surface area contributed by atoms with Crippen molar-refractivity contribution in [3.63, 3.8) is 0 Å². The smallest absolute Gasteiger partial charge is 0.225 e. The van der Waals surface area contributed by atoms with Crippen LogP contribution < -0.4 is 11.1 Å². The van der Waals surface area contributed by atoms with Gasteiger partial charge in [0.2, 0.25) is 5.91 Å². The number of halogens is 2. The lowest BCUT2D eigenvalue weighted by Crippen LogP contribution is -2.52. The van der Waals surface area contributed by atoms with Crippen molar-refractivity contribution in [2.24, 2.45) is 11.7 Å². The summed E-state index contributed by atoms with van der Waals surface area (Å²) in [6.07, 6.45) is 4.05. The van der Waals surface area contributed by atoms with Crippen LogP contribution in [0.1, 0.15) is 43.7 Å². The molecular weight excluding hydrogens is 385 g/mol. The van der Waals surface area contributed by atoms with Crippen LogP contribution in [0.3, 0.4) is 0 Å². The second-order valence-corrected chi connectivity index (χ2v) is 7.73. The second kappa shape index (κ2) is 11.2. The first-order valence-electron chi connectivity index (χ1n) is 9.49. The summed E-state index contributed by atoms with van der Waals surface area (Å²) in [5.74, 6) is 0.0288. The summed E-state index contributed by atoms with van der Waals surface area (Å²) in [5.41, 5.74) is 8.40. The molecule has 0 aromatic heterocycles. The minimum atomic E-state index is -0.374. The van der Waals surface area contributed by atoms with E-state index in [1.807, 2.05) is 6.92 Å². The molecular formula is C20H33Cl2N3O2. The van der Waals surface area contributed by atoms with E-state index in [2.05, 4.69) is 34.5 Å². The zero-order valence-electron chi connectivity index (χ0n) is 16.1. The van der Waals surface area contributed by atoms with Crippen molar-refractivity contribution in [3.05, 3.63) is 35.4 Å². The van der Waals surface area contributed by atoms with Crippen molar-refractivity contribution in [3.8, 4) is 0 Å². The van der Waals surface area contributed by atoms with Gasteiger partial charge in [0.15, 0.2) is 0 Å². The highest BCUT2D eigenvalue weighted by Crippen LogP contribution is 2.31. The third-order valence-electron chi connectivity index (χ3n) is 5.54. The predicted molar refractivity (Wildman–Crippen MR) is 113 cm³/mol. The second-order valence-electron chi connectivity index (χ2n) is 7.73. The summed E-state index contributed by atoms with van der Waals surface area (Å²) < 4.78 is 5.40. The lowest BCUT2D eigenvalue weighted by Gasteiger charge is -2.37. The number of nitrogens with one attached hydrogen (secondary N) is 1. The van der Waals surface area contributed by atoms with Gasteiger partial charge in [-0.05, 0) is 30.9 Å². The van der Waals surface area contributed by atoms with Crippen LogP contribution >= 0.6 is 24.8 Å². The van der Waals surface area contributed by atoms with Gasteiger partial charge >= 0.3 is 0 Å². The first kappa shape index (κ1) is 24.2. The van der Waals surface area contributed by atoms with E-state index in [4.69, 9.17) is 10.5 Å². The fourth-order valence-corrected chi connectivity index (χ4v) is 3.96. The number of nitrogens with zero attached hydrogens (tertiary/aromatic N) is 1. The van der Waals surface area contributed by atoms with Crippen LogP contribution in [0.4, 0.5) is 0 Å². The highest BCUT2D eigenvalue weighted by molar-refractivity contribution is 5.85. The monoisotopic (exact) mass is 417 g/mol. The fraction of sp³-hybridized carbons (Fsp3) is 0.650. The Bertz CT molecular complexity index is 592. The average Bonchev–Trinajstić information content (AvgIpc) is 2.60. The highest BCUT2D eigenvalue weighted by atomic mass is 35.5. The lowest BCUT2D eigenvalue weighted by atomic mass is 9.74. The predicted octanol–water partition coefficient (Wildman–Crippen LogP) is 2.89. The largest absolute Gasteiger partial charge is 0.379 e. The Morgan fingerprint density at radius 1 is 1.26 bits per heavy atom. The molecule has 7 heteroatoms. The molecule has 5 nitrogen and oxygen atoms in total. The van der Waals surface area contributed by atoms with E-state index in [1.165, 1.54) is 5.56 Å². The molecule has 0 spiro atoms. The van der Waals surface area contributed by atoms with Crippen LogP contribution in [0.25, 0.3) is 0 Å². The topological polar surface area (TPSA) is 67.6 Å². The molecule has 1 aromatic rings. The molecule has 3 N–H and O–H groups in total. The van der Waals surface area contributed by atoms with Crippen LogP contribution in [0.5, 0.6) is 0 Å². The first-order valence-corrected chi connectivity index (χ1v) is 9.49. The summed E-state index contributed by atoms with van der Waals surface area (Å²) in [6, 6.07) is 8.49. The molecule has 154 valence electrons. The molecule has 27 heavy (non-hydrogen) atoms. The van der Waals surface area contributed by atoms with Crippen molar-refractivity contribution in [1.29, 1.82) is 0 Å². The SMILES string of the molecule is CC1(N)CCCCC1C(=O)NCc1cccc(CN2CCOCC2)c1.Cl.Cl. The van der Waals surface area contributed by atoms with Crippen molar-refractivity contribution >= 4 is 30.7 Å². The minimum absolute atomic E-state index is 0.